The molecule has 5 rings (SSSR count). The van der Waals surface area contributed by atoms with Gasteiger partial charge < -0.3 is 40.0 Å². The lowest BCUT2D eigenvalue weighted by Gasteiger charge is -2.23. The van der Waals surface area contributed by atoms with E-state index in [1.165, 1.54) is 32.5 Å². The summed E-state index contributed by atoms with van der Waals surface area (Å²) in [7, 11) is -4.83. The van der Waals surface area contributed by atoms with E-state index in [2.05, 4.69) is 20.9 Å². The molecule has 5 aromatic rings. The van der Waals surface area contributed by atoms with Crippen LogP contribution < -0.4 is 30.2 Å². The minimum atomic E-state index is -3.86. The molecule has 1 aromatic heterocycles. The van der Waals surface area contributed by atoms with Crippen molar-refractivity contribution in [1.82, 2.24) is 4.98 Å². The van der Waals surface area contributed by atoms with Crippen molar-refractivity contribution in [1.29, 1.82) is 0 Å². The number of ether oxygens (including phenoxy) is 4. The van der Waals surface area contributed by atoms with Crippen molar-refractivity contribution in [3.05, 3.63) is 90.6 Å². The van der Waals surface area contributed by atoms with Crippen molar-refractivity contribution in [2.75, 3.05) is 55.4 Å². The zero-order valence-electron chi connectivity index (χ0n) is 31.5. The molecule has 56 heavy (non-hydrogen) atoms. The van der Waals surface area contributed by atoms with Crippen LogP contribution in [0, 0.1) is 0 Å². The van der Waals surface area contributed by atoms with Gasteiger partial charge in [0.25, 0.3) is 0 Å². The molecule has 15 nitrogen and oxygen atoms in total. The number of urea groups is 1. The number of carbonyl (C=O) groups is 2. The van der Waals surface area contributed by atoms with Crippen LogP contribution in [0.4, 0.5) is 27.7 Å². The predicted molar refractivity (Wildman–Crippen MR) is 212 cm³/mol. The Morgan fingerprint density at radius 2 is 1.54 bits per heavy atom. The molecular formula is C39H42N4O11S2. The zero-order valence-corrected chi connectivity index (χ0v) is 33.1. The van der Waals surface area contributed by atoms with Crippen LogP contribution in [0.3, 0.4) is 0 Å². The van der Waals surface area contributed by atoms with Gasteiger partial charge in [0.15, 0.2) is 25.4 Å². The maximum Gasteiger partial charge on any atom is 0.329 e. The SMILES string of the molecule is COc1cc(Nc2cc(Oc3ccc(NC(=O)Nc4cc(C(C)(C)C)cc(S(C)(=O)=O)c4OC)c4ccccc34)ccn2)cc(S(=O)(=O)CCOCC(=O)O)c1. The Morgan fingerprint density at radius 3 is 2.20 bits per heavy atom. The summed E-state index contributed by atoms with van der Waals surface area (Å²) in [6.07, 6.45) is 2.59. The lowest BCUT2D eigenvalue weighted by Crippen LogP contribution is -2.22. The third kappa shape index (κ3) is 10.2. The quantitative estimate of drug-likeness (QED) is 0.0786. The summed E-state index contributed by atoms with van der Waals surface area (Å²) in [5, 5.41) is 18.8. The number of methoxy groups -OCH3 is 2. The van der Waals surface area contributed by atoms with Gasteiger partial charge in [0.2, 0.25) is 0 Å². The van der Waals surface area contributed by atoms with E-state index in [0.29, 0.717) is 45.0 Å². The van der Waals surface area contributed by atoms with Crippen LogP contribution in [0.1, 0.15) is 26.3 Å². The maximum atomic E-state index is 13.4. The van der Waals surface area contributed by atoms with Gasteiger partial charge >= 0.3 is 12.0 Å². The number of nitrogens with zero attached hydrogens (tertiary/aromatic N) is 1. The number of sulfone groups is 2. The molecule has 4 N–H and O–H groups in total. The highest BCUT2D eigenvalue weighted by atomic mass is 32.2. The molecule has 0 aliphatic carbocycles. The Bertz CT molecular complexity index is 2500. The van der Waals surface area contributed by atoms with Crippen LogP contribution in [-0.2, 0) is 34.6 Å². The Hall–Kier alpha value is -5.91. The largest absolute Gasteiger partial charge is 0.497 e. The Labute approximate surface area is 324 Å². The van der Waals surface area contributed by atoms with Gasteiger partial charge in [-0.15, -0.1) is 0 Å². The Morgan fingerprint density at radius 1 is 0.821 bits per heavy atom. The van der Waals surface area contributed by atoms with Gasteiger partial charge in [-0.05, 0) is 53.4 Å². The van der Waals surface area contributed by atoms with Crippen LogP contribution in [0.5, 0.6) is 23.0 Å². The molecular weight excluding hydrogens is 765 g/mol. The fourth-order valence-electron chi connectivity index (χ4n) is 5.56. The molecule has 4 aromatic carbocycles. The van der Waals surface area contributed by atoms with E-state index < -0.39 is 49.4 Å². The minimum Gasteiger partial charge on any atom is -0.497 e. The van der Waals surface area contributed by atoms with E-state index in [-0.39, 0.29) is 33.6 Å². The molecule has 0 fully saturated rings. The number of nitrogens with one attached hydrogen (secondary N) is 3. The topological polar surface area (TPSA) is 209 Å². The molecule has 0 aliphatic heterocycles. The Kier molecular flexibility index (Phi) is 12.4. The highest BCUT2D eigenvalue weighted by Crippen LogP contribution is 2.39. The number of aromatic nitrogens is 1. The highest BCUT2D eigenvalue weighted by molar-refractivity contribution is 7.91. The standard InChI is InChI=1S/C39H42N4O11S2/c1-39(2,3)24-17-32(37(52-5)34(18-24)55(6,47)48)43-38(46)42-31-11-12-33(30-10-8-7-9-29(30)31)54-26-13-14-40-35(22-26)41-25-19-27(51-4)21-28(20-25)56(49,50)16-15-53-23-36(44)45/h7-14,17-22H,15-16,23H2,1-6H3,(H,40,41)(H,44,45)(H2,42,43,46). The van der Waals surface area contributed by atoms with E-state index in [0.717, 1.165) is 6.26 Å². The second-order valence-electron chi connectivity index (χ2n) is 13.6. The first kappa shape index (κ1) is 41.3. The molecule has 0 saturated carbocycles. The van der Waals surface area contributed by atoms with Gasteiger partial charge in [-0.1, -0.05) is 45.0 Å². The number of benzene rings is 4. The second-order valence-corrected chi connectivity index (χ2v) is 17.7. The number of amides is 2. The van der Waals surface area contributed by atoms with Crippen molar-refractivity contribution in [2.45, 2.75) is 36.0 Å². The Balaban J connectivity index is 1.36. The summed E-state index contributed by atoms with van der Waals surface area (Å²) < 4.78 is 73.3. The number of carboxylic acid groups (broad SMARTS) is 1. The fourth-order valence-corrected chi connectivity index (χ4v) is 7.61. The molecule has 1 heterocycles. The maximum absolute atomic E-state index is 13.4. The van der Waals surface area contributed by atoms with Gasteiger partial charge in [-0.2, -0.15) is 0 Å². The number of fused-ring (bicyclic) bond motifs is 1. The molecule has 0 spiro atoms. The molecule has 0 radical (unpaired) electrons. The predicted octanol–water partition coefficient (Wildman–Crippen LogP) is 7.01. The van der Waals surface area contributed by atoms with Crippen LogP contribution in [0.2, 0.25) is 0 Å². The average molecular weight is 807 g/mol. The number of aliphatic carboxylic acids is 1. The van der Waals surface area contributed by atoms with Crippen LogP contribution in [0.25, 0.3) is 10.8 Å². The first-order chi connectivity index (χ1) is 26.4. The number of carbonyl (C=O) groups excluding carboxylic acids is 1. The third-order valence-electron chi connectivity index (χ3n) is 8.33. The number of carboxylic acids is 1. The van der Waals surface area contributed by atoms with Crippen molar-refractivity contribution in [3.63, 3.8) is 0 Å². The van der Waals surface area contributed by atoms with Crippen LogP contribution >= 0.6 is 0 Å². The van der Waals surface area contributed by atoms with Gasteiger partial charge in [-0.3, -0.25) is 0 Å². The summed E-state index contributed by atoms with van der Waals surface area (Å²) in [4.78, 5) is 28.4. The molecule has 0 bridgehead atoms. The number of anilines is 4. The normalized spacial score (nSPS) is 11.8. The van der Waals surface area contributed by atoms with Crippen molar-refractivity contribution in [3.8, 4) is 23.0 Å². The van der Waals surface area contributed by atoms with E-state index in [1.807, 2.05) is 45.0 Å². The first-order valence-electron chi connectivity index (χ1n) is 17.0. The van der Waals surface area contributed by atoms with E-state index in [1.54, 1.807) is 42.5 Å². The smallest absolute Gasteiger partial charge is 0.329 e. The van der Waals surface area contributed by atoms with Crippen LogP contribution in [-0.4, -0.2) is 78.4 Å². The molecule has 0 unspecified atom stereocenters. The van der Waals surface area contributed by atoms with Crippen molar-refractivity contribution >= 4 is 65.3 Å². The number of hydrogen-bond acceptors (Lipinski definition) is 12. The van der Waals surface area contributed by atoms with Crippen LogP contribution in [0.15, 0.2) is 94.9 Å². The molecule has 0 saturated heterocycles. The molecule has 0 aliphatic rings. The number of pyridine rings is 1. The lowest BCUT2D eigenvalue weighted by atomic mass is 9.86. The lowest BCUT2D eigenvalue weighted by molar-refractivity contribution is -0.142. The number of rotatable bonds is 15. The minimum absolute atomic E-state index is 0.0207. The zero-order chi connectivity index (χ0) is 40.8. The van der Waals surface area contributed by atoms with Crippen molar-refractivity contribution < 1.29 is 50.5 Å². The highest BCUT2D eigenvalue weighted by Gasteiger charge is 2.25. The second kappa shape index (κ2) is 16.8. The summed E-state index contributed by atoms with van der Waals surface area (Å²) in [5.41, 5.74) is 1.26. The monoisotopic (exact) mass is 806 g/mol. The third-order valence-corrected chi connectivity index (χ3v) is 11.1. The van der Waals surface area contributed by atoms with Gasteiger partial charge in [0.05, 0.1) is 42.8 Å². The molecule has 296 valence electrons. The first-order valence-corrected chi connectivity index (χ1v) is 20.6. The summed E-state index contributed by atoms with van der Waals surface area (Å²) in [6, 6.07) is 20.9. The van der Waals surface area contributed by atoms with E-state index in [4.69, 9.17) is 24.1 Å². The van der Waals surface area contributed by atoms with E-state index >= 15 is 0 Å². The van der Waals surface area contributed by atoms with Gasteiger partial charge in [0.1, 0.15) is 34.6 Å². The molecule has 17 heteroatoms. The van der Waals surface area contributed by atoms with Crippen molar-refractivity contribution in [2.24, 2.45) is 0 Å². The average Bonchev–Trinajstić information content (AvgIpc) is 3.13. The van der Waals surface area contributed by atoms with E-state index in [9.17, 15) is 26.4 Å². The summed E-state index contributed by atoms with van der Waals surface area (Å²) in [6.45, 7) is 4.89. The summed E-state index contributed by atoms with van der Waals surface area (Å²) in [5.74, 6) is -0.178. The molecule has 0 atom stereocenters. The van der Waals surface area contributed by atoms with Gasteiger partial charge in [0, 0.05) is 41.0 Å². The fraction of sp³-hybridized carbons (Fsp3) is 0.256. The molecule has 2 amide bonds. The summed E-state index contributed by atoms with van der Waals surface area (Å²) >= 11 is 0. The number of hydrogen-bond donors (Lipinski definition) is 4. The van der Waals surface area contributed by atoms with Gasteiger partial charge in [-0.25, -0.2) is 31.4 Å².